The van der Waals surface area contributed by atoms with Crippen molar-refractivity contribution in [3.63, 3.8) is 0 Å². The molecule has 0 aliphatic rings. The Kier molecular flexibility index (Phi) is 2.88. The van der Waals surface area contributed by atoms with Gasteiger partial charge in [0.05, 0.1) is 0 Å². The van der Waals surface area contributed by atoms with E-state index >= 15 is 0 Å². The third-order valence-corrected chi connectivity index (χ3v) is 2.65. The number of rotatable bonds is 1. The second-order valence-electron chi connectivity index (χ2n) is 3.74. The average Bonchev–Trinajstić information content (AvgIpc) is 2.73. The molecule has 17 heavy (non-hydrogen) atoms. The van der Waals surface area contributed by atoms with E-state index in [1.54, 1.807) is 0 Å². The quantitative estimate of drug-likeness (QED) is 0.626. The second kappa shape index (κ2) is 4.34. The van der Waals surface area contributed by atoms with Crippen LogP contribution in [0.25, 0.3) is 22.3 Å². The highest BCUT2D eigenvalue weighted by atomic mass is 16.3. The third kappa shape index (κ3) is 1.89. The molecule has 0 radical (unpaired) electrons. The van der Waals surface area contributed by atoms with Crippen molar-refractivity contribution in [3.05, 3.63) is 54.6 Å². The Morgan fingerprint density at radius 2 is 1.59 bits per heavy atom. The summed E-state index contributed by atoms with van der Waals surface area (Å²) in [6, 6.07) is 17.7. The first-order valence-corrected chi connectivity index (χ1v) is 5.18. The van der Waals surface area contributed by atoms with Gasteiger partial charge >= 0.3 is 0 Å². The lowest BCUT2D eigenvalue weighted by atomic mass is 10.1. The van der Waals surface area contributed by atoms with Gasteiger partial charge < -0.3 is 10.2 Å². The molecule has 0 bridgehead atoms. The van der Waals surface area contributed by atoms with Gasteiger partial charge in [-0.2, -0.15) is 0 Å². The van der Waals surface area contributed by atoms with Gasteiger partial charge in [0, 0.05) is 16.6 Å². The van der Waals surface area contributed by atoms with Crippen LogP contribution in [0.5, 0.6) is 0 Å². The van der Waals surface area contributed by atoms with E-state index in [9.17, 15) is 0 Å². The maximum Gasteiger partial charge on any atom is 0.137 e. The lowest BCUT2D eigenvalue weighted by Gasteiger charge is -2.00. The zero-order valence-corrected chi connectivity index (χ0v) is 8.68. The van der Waals surface area contributed by atoms with Crippen LogP contribution in [0, 0.1) is 0 Å². The molecule has 2 aromatic carbocycles. The SMILES string of the molecule is C.Nc1ccccc1-c1cc2ccccc2o1. The van der Waals surface area contributed by atoms with Gasteiger partial charge in [-0.25, -0.2) is 0 Å². The Balaban J connectivity index is 0.00000108. The van der Waals surface area contributed by atoms with Crippen molar-refractivity contribution in [1.29, 1.82) is 0 Å². The first kappa shape index (κ1) is 11.3. The van der Waals surface area contributed by atoms with Crippen LogP contribution in [0.2, 0.25) is 0 Å². The number of nitrogen functional groups attached to an aromatic ring is 1. The Labute approximate surface area is 101 Å². The molecule has 1 aromatic heterocycles. The predicted octanol–water partition coefficient (Wildman–Crippen LogP) is 4.32. The van der Waals surface area contributed by atoms with Crippen LogP contribution >= 0.6 is 0 Å². The highest BCUT2D eigenvalue weighted by molar-refractivity contribution is 5.85. The van der Waals surface area contributed by atoms with E-state index in [1.165, 1.54) is 0 Å². The first-order valence-electron chi connectivity index (χ1n) is 5.18. The predicted molar refractivity (Wildman–Crippen MR) is 72.8 cm³/mol. The lowest BCUT2D eigenvalue weighted by molar-refractivity contribution is 0.632. The molecular weight excluding hydrogens is 210 g/mol. The number of hydrogen-bond donors (Lipinski definition) is 1. The minimum Gasteiger partial charge on any atom is -0.456 e. The topological polar surface area (TPSA) is 39.2 Å². The minimum atomic E-state index is 0. The lowest BCUT2D eigenvalue weighted by Crippen LogP contribution is -1.87. The van der Waals surface area contributed by atoms with Crippen molar-refractivity contribution in [3.8, 4) is 11.3 Å². The van der Waals surface area contributed by atoms with E-state index < -0.39 is 0 Å². The van der Waals surface area contributed by atoms with Crippen LogP contribution in [0.4, 0.5) is 5.69 Å². The Morgan fingerprint density at radius 3 is 2.35 bits per heavy atom. The van der Waals surface area contributed by atoms with E-state index in [0.29, 0.717) is 0 Å². The van der Waals surface area contributed by atoms with Crippen LogP contribution < -0.4 is 5.73 Å². The molecule has 0 unspecified atom stereocenters. The number of para-hydroxylation sites is 2. The molecule has 0 aliphatic carbocycles. The van der Waals surface area contributed by atoms with Gasteiger partial charge in [-0.15, -0.1) is 0 Å². The minimum absolute atomic E-state index is 0. The fourth-order valence-electron chi connectivity index (χ4n) is 1.84. The summed E-state index contributed by atoms with van der Waals surface area (Å²) in [4.78, 5) is 0. The second-order valence-corrected chi connectivity index (χ2v) is 3.74. The number of hydrogen-bond acceptors (Lipinski definition) is 2. The van der Waals surface area contributed by atoms with Crippen LogP contribution in [0.3, 0.4) is 0 Å². The molecule has 0 spiro atoms. The van der Waals surface area contributed by atoms with Crippen molar-refractivity contribution in [2.24, 2.45) is 0 Å². The standard InChI is InChI=1S/C14H11NO.CH4/c15-12-7-3-2-6-11(12)14-9-10-5-1-4-8-13(10)16-14;/h1-9H,15H2;1H4. The molecule has 2 heteroatoms. The highest BCUT2D eigenvalue weighted by Crippen LogP contribution is 2.30. The summed E-state index contributed by atoms with van der Waals surface area (Å²) in [5.41, 5.74) is 8.48. The van der Waals surface area contributed by atoms with Gasteiger partial charge in [0.15, 0.2) is 0 Å². The van der Waals surface area contributed by atoms with E-state index in [-0.39, 0.29) is 7.43 Å². The third-order valence-electron chi connectivity index (χ3n) is 2.65. The van der Waals surface area contributed by atoms with Crippen LogP contribution in [-0.4, -0.2) is 0 Å². The normalized spacial score (nSPS) is 10.1. The number of fused-ring (bicyclic) bond motifs is 1. The van der Waals surface area contributed by atoms with Gasteiger partial charge in [-0.3, -0.25) is 0 Å². The summed E-state index contributed by atoms with van der Waals surface area (Å²) in [6.07, 6.45) is 0. The average molecular weight is 225 g/mol. The molecule has 0 aliphatic heterocycles. The molecule has 3 aromatic rings. The van der Waals surface area contributed by atoms with Crippen molar-refractivity contribution >= 4 is 16.7 Å². The molecule has 0 saturated carbocycles. The zero-order chi connectivity index (χ0) is 11.0. The van der Waals surface area contributed by atoms with E-state index in [4.69, 9.17) is 10.2 Å². The van der Waals surface area contributed by atoms with Crippen LogP contribution in [-0.2, 0) is 0 Å². The molecular formula is C15H15NO. The fourth-order valence-corrected chi connectivity index (χ4v) is 1.84. The molecule has 0 amide bonds. The smallest absolute Gasteiger partial charge is 0.137 e. The van der Waals surface area contributed by atoms with Gasteiger partial charge in [-0.05, 0) is 24.3 Å². The number of furan rings is 1. The van der Waals surface area contributed by atoms with Gasteiger partial charge in [0.1, 0.15) is 11.3 Å². The molecule has 1 heterocycles. The van der Waals surface area contributed by atoms with E-state index in [1.807, 2.05) is 54.6 Å². The van der Waals surface area contributed by atoms with Gasteiger partial charge in [0.2, 0.25) is 0 Å². The Hall–Kier alpha value is -2.22. The zero-order valence-electron chi connectivity index (χ0n) is 8.68. The monoisotopic (exact) mass is 225 g/mol. The maximum atomic E-state index is 5.91. The van der Waals surface area contributed by atoms with E-state index in [0.717, 1.165) is 28.0 Å². The molecule has 0 saturated heterocycles. The Bertz CT molecular complexity index is 607. The summed E-state index contributed by atoms with van der Waals surface area (Å²) < 4.78 is 5.75. The molecule has 3 rings (SSSR count). The molecule has 2 N–H and O–H groups in total. The first-order chi connectivity index (χ1) is 7.84. The van der Waals surface area contributed by atoms with Crippen LogP contribution in [0.15, 0.2) is 59.0 Å². The Morgan fingerprint density at radius 1 is 0.882 bits per heavy atom. The van der Waals surface area contributed by atoms with E-state index in [2.05, 4.69) is 0 Å². The summed E-state index contributed by atoms with van der Waals surface area (Å²) in [5, 5.41) is 1.10. The molecule has 0 fully saturated rings. The largest absolute Gasteiger partial charge is 0.456 e. The van der Waals surface area contributed by atoms with Crippen LogP contribution in [0.1, 0.15) is 7.43 Å². The number of anilines is 1. The molecule has 86 valence electrons. The summed E-state index contributed by atoms with van der Waals surface area (Å²) in [6.45, 7) is 0. The van der Waals surface area contributed by atoms with Crippen molar-refractivity contribution in [2.45, 2.75) is 7.43 Å². The summed E-state index contributed by atoms with van der Waals surface area (Å²) in [5.74, 6) is 0.819. The molecule has 2 nitrogen and oxygen atoms in total. The number of nitrogens with two attached hydrogens (primary N) is 1. The number of benzene rings is 2. The van der Waals surface area contributed by atoms with Crippen molar-refractivity contribution in [1.82, 2.24) is 0 Å². The van der Waals surface area contributed by atoms with Crippen molar-refractivity contribution < 1.29 is 4.42 Å². The van der Waals surface area contributed by atoms with Crippen molar-refractivity contribution in [2.75, 3.05) is 5.73 Å². The summed E-state index contributed by atoms with van der Waals surface area (Å²) >= 11 is 0. The summed E-state index contributed by atoms with van der Waals surface area (Å²) in [7, 11) is 0. The van der Waals surface area contributed by atoms with Gasteiger partial charge in [0.25, 0.3) is 0 Å². The van der Waals surface area contributed by atoms with Gasteiger partial charge in [-0.1, -0.05) is 37.8 Å². The maximum absolute atomic E-state index is 5.91. The fraction of sp³-hybridized carbons (Fsp3) is 0.0667. The highest BCUT2D eigenvalue weighted by Gasteiger charge is 2.07. The molecule has 0 atom stereocenters.